The van der Waals surface area contributed by atoms with Crippen LogP contribution >= 0.6 is 11.6 Å². The summed E-state index contributed by atoms with van der Waals surface area (Å²) in [7, 11) is 0. The van der Waals surface area contributed by atoms with E-state index in [0.717, 1.165) is 30.7 Å². The van der Waals surface area contributed by atoms with Gasteiger partial charge in [0.15, 0.2) is 5.15 Å². The second-order valence-corrected chi connectivity index (χ2v) is 6.24. The van der Waals surface area contributed by atoms with Gasteiger partial charge in [-0.3, -0.25) is 0 Å². The van der Waals surface area contributed by atoms with Gasteiger partial charge in [-0.1, -0.05) is 31.5 Å². The fourth-order valence-electron chi connectivity index (χ4n) is 2.15. The molecule has 0 unspecified atom stereocenters. The van der Waals surface area contributed by atoms with Gasteiger partial charge in [0.25, 0.3) is 0 Å². The fraction of sp³-hybridized carbons (Fsp3) is 0.533. The van der Waals surface area contributed by atoms with E-state index in [1.54, 1.807) is 0 Å². The standard InChI is InChI=1S/C15H22ClN3O/c1-15(2,11-20)7-5-8-17-10-12-14(16)18-13-6-3-4-9-19(12)13/h3-4,6,9,17,20H,5,7-8,10-11H2,1-2H3. The van der Waals surface area contributed by atoms with Crippen LogP contribution in [0, 0.1) is 5.41 Å². The van der Waals surface area contributed by atoms with Crippen molar-refractivity contribution in [3.63, 3.8) is 0 Å². The molecular weight excluding hydrogens is 274 g/mol. The third-order valence-corrected chi connectivity index (χ3v) is 3.81. The number of hydrogen-bond donors (Lipinski definition) is 2. The Bertz CT molecular complexity index is 565. The Labute approximate surface area is 124 Å². The minimum absolute atomic E-state index is 0.00261. The summed E-state index contributed by atoms with van der Waals surface area (Å²) in [5.74, 6) is 0. The maximum absolute atomic E-state index is 9.21. The van der Waals surface area contributed by atoms with Crippen LogP contribution in [-0.4, -0.2) is 27.6 Å². The Balaban J connectivity index is 1.86. The molecule has 4 nitrogen and oxygen atoms in total. The molecule has 2 N–H and O–H groups in total. The first-order chi connectivity index (χ1) is 9.53. The third kappa shape index (κ3) is 3.72. The molecular formula is C15H22ClN3O. The highest BCUT2D eigenvalue weighted by molar-refractivity contribution is 6.30. The highest BCUT2D eigenvalue weighted by Gasteiger charge is 2.15. The molecule has 2 aromatic rings. The van der Waals surface area contributed by atoms with Crippen molar-refractivity contribution in [1.82, 2.24) is 14.7 Å². The lowest BCUT2D eigenvalue weighted by atomic mass is 9.89. The van der Waals surface area contributed by atoms with Crippen LogP contribution in [0.25, 0.3) is 5.65 Å². The van der Waals surface area contributed by atoms with Crippen LogP contribution in [0.3, 0.4) is 0 Å². The molecule has 0 bridgehead atoms. The first kappa shape index (κ1) is 15.3. The number of aliphatic hydroxyl groups excluding tert-OH is 1. The molecule has 0 aliphatic carbocycles. The predicted octanol–water partition coefficient (Wildman–Crippen LogP) is 2.88. The zero-order valence-corrected chi connectivity index (χ0v) is 12.8. The van der Waals surface area contributed by atoms with Crippen LogP contribution < -0.4 is 5.32 Å². The van der Waals surface area contributed by atoms with E-state index >= 15 is 0 Å². The minimum atomic E-state index is 0.00261. The van der Waals surface area contributed by atoms with Gasteiger partial charge < -0.3 is 14.8 Å². The molecule has 0 atom stereocenters. The van der Waals surface area contributed by atoms with Crippen LogP contribution in [0.15, 0.2) is 24.4 Å². The molecule has 0 saturated heterocycles. The lowest BCUT2D eigenvalue weighted by Gasteiger charge is -2.21. The molecule has 2 heterocycles. The maximum Gasteiger partial charge on any atom is 0.152 e. The molecule has 2 aromatic heterocycles. The molecule has 0 fully saturated rings. The molecule has 0 spiro atoms. The Kier molecular flexibility index (Phi) is 5.02. The van der Waals surface area contributed by atoms with Crippen LogP contribution in [-0.2, 0) is 6.54 Å². The van der Waals surface area contributed by atoms with Gasteiger partial charge in [-0.15, -0.1) is 0 Å². The third-order valence-electron chi connectivity index (χ3n) is 3.51. The monoisotopic (exact) mass is 295 g/mol. The van der Waals surface area contributed by atoms with E-state index in [4.69, 9.17) is 11.6 Å². The van der Waals surface area contributed by atoms with Gasteiger partial charge in [-0.05, 0) is 36.9 Å². The Hall–Kier alpha value is -1.10. The predicted molar refractivity (Wildman–Crippen MR) is 82.0 cm³/mol. The lowest BCUT2D eigenvalue weighted by molar-refractivity contribution is 0.148. The number of aromatic nitrogens is 2. The quantitative estimate of drug-likeness (QED) is 0.772. The first-order valence-electron chi connectivity index (χ1n) is 6.96. The van der Waals surface area contributed by atoms with E-state index < -0.39 is 0 Å². The molecule has 20 heavy (non-hydrogen) atoms. The second-order valence-electron chi connectivity index (χ2n) is 5.88. The van der Waals surface area contributed by atoms with E-state index in [2.05, 4.69) is 24.1 Å². The topological polar surface area (TPSA) is 49.6 Å². The molecule has 0 aromatic carbocycles. The highest BCUT2D eigenvalue weighted by Crippen LogP contribution is 2.21. The zero-order chi connectivity index (χ0) is 14.6. The van der Waals surface area contributed by atoms with Gasteiger partial charge in [-0.25, -0.2) is 4.98 Å². The van der Waals surface area contributed by atoms with Gasteiger partial charge in [0, 0.05) is 19.3 Å². The fourth-order valence-corrected chi connectivity index (χ4v) is 2.40. The molecule has 5 heteroatoms. The average Bonchev–Trinajstić information content (AvgIpc) is 2.74. The van der Waals surface area contributed by atoms with E-state index in [1.807, 2.05) is 28.8 Å². The normalized spacial score (nSPS) is 12.2. The maximum atomic E-state index is 9.21. The van der Waals surface area contributed by atoms with Crippen LogP contribution in [0.4, 0.5) is 0 Å². The molecule has 0 saturated carbocycles. The van der Waals surface area contributed by atoms with Crippen molar-refractivity contribution in [2.45, 2.75) is 33.2 Å². The number of aliphatic hydroxyl groups is 1. The average molecular weight is 296 g/mol. The van der Waals surface area contributed by atoms with Crippen molar-refractivity contribution in [3.8, 4) is 0 Å². The van der Waals surface area contributed by atoms with E-state index in [1.165, 1.54) is 0 Å². The van der Waals surface area contributed by atoms with Gasteiger partial charge in [0.05, 0.1) is 5.69 Å². The molecule has 0 aliphatic heterocycles. The Morgan fingerprint density at radius 3 is 2.95 bits per heavy atom. The van der Waals surface area contributed by atoms with Crippen LogP contribution in [0.1, 0.15) is 32.4 Å². The van der Waals surface area contributed by atoms with Crippen molar-refractivity contribution >= 4 is 17.2 Å². The summed E-state index contributed by atoms with van der Waals surface area (Å²) in [5.41, 5.74) is 1.86. The molecule has 2 rings (SSSR count). The lowest BCUT2D eigenvalue weighted by Crippen LogP contribution is -2.21. The summed E-state index contributed by atoms with van der Waals surface area (Å²) >= 11 is 6.17. The number of rotatable bonds is 7. The summed E-state index contributed by atoms with van der Waals surface area (Å²) in [5, 5.41) is 13.2. The summed E-state index contributed by atoms with van der Waals surface area (Å²) in [6, 6.07) is 5.87. The van der Waals surface area contributed by atoms with E-state index in [0.29, 0.717) is 11.7 Å². The smallest absolute Gasteiger partial charge is 0.152 e. The summed E-state index contributed by atoms with van der Waals surface area (Å²) in [6.07, 6.45) is 4.00. The number of nitrogens with one attached hydrogen (secondary N) is 1. The van der Waals surface area contributed by atoms with Crippen molar-refractivity contribution in [2.24, 2.45) is 5.41 Å². The Morgan fingerprint density at radius 2 is 2.20 bits per heavy atom. The second kappa shape index (κ2) is 6.57. The SMILES string of the molecule is CC(C)(CO)CCCNCc1c(Cl)nc2ccccn12. The van der Waals surface area contributed by atoms with Crippen LogP contribution in [0.2, 0.25) is 5.15 Å². The summed E-state index contributed by atoms with van der Waals surface area (Å²) < 4.78 is 2.01. The summed E-state index contributed by atoms with van der Waals surface area (Å²) in [4.78, 5) is 4.32. The number of halogens is 1. The van der Waals surface area contributed by atoms with Crippen molar-refractivity contribution in [2.75, 3.05) is 13.2 Å². The number of fused-ring (bicyclic) bond motifs is 1. The van der Waals surface area contributed by atoms with Crippen molar-refractivity contribution in [1.29, 1.82) is 0 Å². The van der Waals surface area contributed by atoms with Gasteiger partial charge in [0.1, 0.15) is 5.65 Å². The molecule has 0 amide bonds. The minimum Gasteiger partial charge on any atom is -0.396 e. The largest absolute Gasteiger partial charge is 0.396 e. The highest BCUT2D eigenvalue weighted by atomic mass is 35.5. The Morgan fingerprint density at radius 1 is 1.40 bits per heavy atom. The van der Waals surface area contributed by atoms with Gasteiger partial charge in [-0.2, -0.15) is 0 Å². The number of imidazole rings is 1. The molecule has 0 radical (unpaired) electrons. The molecule has 110 valence electrons. The van der Waals surface area contributed by atoms with Gasteiger partial charge >= 0.3 is 0 Å². The van der Waals surface area contributed by atoms with E-state index in [-0.39, 0.29) is 12.0 Å². The van der Waals surface area contributed by atoms with Crippen LogP contribution in [0.5, 0.6) is 0 Å². The van der Waals surface area contributed by atoms with Gasteiger partial charge in [0.2, 0.25) is 0 Å². The number of pyridine rings is 1. The zero-order valence-electron chi connectivity index (χ0n) is 12.1. The number of hydrogen-bond acceptors (Lipinski definition) is 3. The summed E-state index contributed by atoms with van der Waals surface area (Å²) in [6.45, 7) is 5.98. The number of nitrogens with zero attached hydrogens (tertiary/aromatic N) is 2. The molecule has 0 aliphatic rings. The van der Waals surface area contributed by atoms with Crippen molar-refractivity contribution in [3.05, 3.63) is 35.2 Å². The van der Waals surface area contributed by atoms with E-state index in [9.17, 15) is 5.11 Å². The van der Waals surface area contributed by atoms with Crippen molar-refractivity contribution < 1.29 is 5.11 Å². The first-order valence-corrected chi connectivity index (χ1v) is 7.34.